The van der Waals surface area contributed by atoms with Crippen LogP contribution in [0, 0.1) is 0 Å². The summed E-state index contributed by atoms with van der Waals surface area (Å²) in [6.45, 7) is 0. The van der Waals surface area contributed by atoms with Gasteiger partial charge in [-0.1, -0.05) is 32.1 Å². The van der Waals surface area contributed by atoms with Gasteiger partial charge in [0, 0.05) is 5.92 Å². The number of hydrogen-bond acceptors (Lipinski definition) is 4. The van der Waals surface area contributed by atoms with Crippen molar-refractivity contribution in [1.82, 2.24) is 9.36 Å². The van der Waals surface area contributed by atoms with E-state index in [-0.39, 0.29) is 0 Å². The monoisotopic (exact) mass is 211 g/mol. The third kappa shape index (κ3) is 2.44. The molecule has 0 aliphatic heterocycles. The van der Waals surface area contributed by atoms with E-state index in [1.807, 2.05) is 0 Å². The number of aromatic nitrogens is 2. The van der Waals surface area contributed by atoms with Crippen LogP contribution < -0.4 is 5.73 Å². The van der Waals surface area contributed by atoms with Gasteiger partial charge in [-0.3, -0.25) is 0 Å². The van der Waals surface area contributed by atoms with Gasteiger partial charge in [0.25, 0.3) is 0 Å². The van der Waals surface area contributed by atoms with E-state index in [1.165, 1.54) is 56.5 Å². The molecule has 1 saturated carbocycles. The minimum absolute atomic E-state index is 0.451. The van der Waals surface area contributed by atoms with E-state index in [0.29, 0.717) is 11.9 Å². The van der Waals surface area contributed by atoms with Crippen LogP contribution >= 0.6 is 11.5 Å². The predicted molar refractivity (Wildman–Crippen MR) is 59.4 cm³/mol. The lowest BCUT2D eigenvalue weighted by Gasteiger charge is -2.16. The summed E-state index contributed by atoms with van der Waals surface area (Å²) in [5, 5.41) is 1.16. The molecule has 0 unspecified atom stereocenters. The fourth-order valence-electron chi connectivity index (χ4n) is 2.12. The van der Waals surface area contributed by atoms with Gasteiger partial charge >= 0.3 is 0 Å². The zero-order chi connectivity index (χ0) is 9.80. The Labute approximate surface area is 88.9 Å². The Morgan fingerprint density at radius 2 is 1.71 bits per heavy atom. The van der Waals surface area contributed by atoms with Gasteiger partial charge in [0.2, 0.25) is 5.95 Å². The Bertz CT molecular complexity index is 277. The predicted octanol–water partition coefficient (Wildman–Crippen LogP) is 2.95. The number of nitrogens with two attached hydrogens (primary N) is 1. The Morgan fingerprint density at radius 3 is 2.29 bits per heavy atom. The number of nitrogen functional groups attached to an aromatic ring is 1. The van der Waals surface area contributed by atoms with Crippen LogP contribution in [0.4, 0.5) is 5.95 Å². The first-order valence-electron chi connectivity index (χ1n) is 5.45. The minimum Gasteiger partial charge on any atom is -0.367 e. The van der Waals surface area contributed by atoms with Gasteiger partial charge in [0.05, 0.1) is 0 Å². The molecule has 4 heteroatoms. The van der Waals surface area contributed by atoms with Crippen molar-refractivity contribution in [3.05, 3.63) is 5.01 Å². The second-order valence-corrected chi connectivity index (χ2v) is 4.82. The molecule has 0 radical (unpaired) electrons. The van der Waals surface area contributed by atoms with Gasteiger partial charge in [0.1, 0.15) is 5.01 Å². The maximum Gasteiger partial charge on any atom is 0.232 e. The van der Waals surface area contributed by atoms with Gasteiger partial charge in [-0.15, -0.1) is 0 Å². The van der Waals surface area contributed by atoms with Gasteiger partial charge in [-0.25, -0.2) is 4.98 Å². The van der Waals surface area contributed by atoms with Crippen LogP contribution in [0.25, 0.3) is 0 Å². The summed E-state index contributed by atoms with van der Waals surface area (Å²) in [4.78, 5) is 4.29. The summed E-state index contributed by atoms with van der Waals surface area (Å²) in [5.41, 5.74) is 5.54. The van der Waals surface area contributed by atoms with Crippen LogP contribution in [0.3, 0.4) is 0 Å². The summed E-state index contributed by atoms with van der Waals surface area (Å²) in [6, 6.07) is 0. The van der Waals surface area contributed by atoms with Crippen LogP contribution in [0.1, 0.15) is 55.9 Å². The normalized spacial score (nSPS) is 20.3. The van der Waals surface area contributed by atoms with Crippen molar-refractivity contribution in [2.45, 2.75) is 50.9 Å². The smallest absolute Gasteiger partial charge is 0.232 e. The standard InChI is InChI=1S/C10H17N3S/c11-10-12-9(14-13-10)8-6-4-2-1-3-5-7-8/h8H,1-7H2,(H2,11,13). The molecule has 1 heterocycles. The van der Waals surface area contributed by atoms with Crippen molar-refractivity contribution in [2.24, 2.45) is 0 Å². The molecule has 0 amide bonds. The van der Waals surface area contributed by atoms with Crippen LogP contribution in [-0.4, -0.2) is 9.36 Å². The van der Waals surface area contributed by atoms with Crippen LogP contribution in [0.2, 0.25) is 0 Å². The largest absolute Gasteiger partial charge is 0.367 e. The second-order valence-electron chi connectivity index (χ2n) is 4.03. The number of anilines is 1. The lowest BCUT2D eigenvalue weighted by Crippen LogP contribution is -2.02. The van der Waals surface area contributed by atoms with E-state index in [1.54, 1.807) is 0 Å². The Hall–Kier alpha value is -0.640. The molecule has 2 rings (SSSR count). The van der Waals surface area contributed by atoms with Crippen LogP contribution in [0.5, 0.6) is 0 Å². The van der Waals surface area contributed by atoms with E-state index in [0.717, 1.165) is 5.01 Å². The number of rotatable bonds is 1. The molecule has 78 valence electrons. The van der Waals surface area contributed by atoms with Gasteiger partial charge < -0.3 is 5.73 Å². The first-order valence-corrected chi connectivity index (χ1v) is 6.22. The van der Waals surface area contributed by atoms with Crippen molar-refractivity contribution < 1.29 is 0 Å². The lowest BCUT2D eigenvalue weighted by molar-refractivity contribution is 0.455. The second kappa shape index (κ2) is 4.73. The molecule has 0 spiro atoms. The topological polar surface area (TPSA) is 51.8 Å². The Balaban J connectivity index is 2.00. The number of hydrogen-bond donors (Lipinski definition) is 1. The van der Waals surface area contributed by atoms with Crippen LogP contribution in [-0.2, 0) is 0 Å². The molecule has 14 heavy (non-hydrogen) atoms. The zero-order valence-corrected chi connectivity index (χ0v) is 9.22. The first kappa shape index (κ1) is 9.90. The van der Waals surface area contributed by atoms with Crippen molar-refractivity contribution in [3.8, 4) is 0 Å². The SMILES string of the molecule is Nc1nsc(C2CCCCCCC2)n1. The summed E-state index contributed by atoms with van der Waals surface area (Å²) >= 11 is 1.49. The van der Waals surface area contributed by atoms with Crippen molar-refractivity contribution in [1.29, 1.82) is 0 Å². The highest BCUT2D eigenvalue weighted by molar-refractivity contribution is 7.05. The molecule has 0 saturated heterocycles. The zero-order valence-electron chi connectivity index (χ0n) is 8.41. The van der Waals surface area contributed by atoms with Gasteiger partial charge in [-0.2, -0.15) is 4.37 Å². The third-order valence-electron chi connectivity index (χ3n) is 2.91. The first-order chi connectivity index (χ1) is 6.86. The van der Waals surface area contributed by atoms with E-state index in [9.17, 15) is 0 Å². The van der Waals surface area contributed by atoms with E-state index < -0.39 is 0 Å². The molecule has 1 aliphatic carbocycles. The van der Waals surface area contributed by atoms with Gasteiger partial charge in [0.15, 0.2) is 0 Å². The van der Waals surface area contributed by atoms with E-state index in [2.05, 4.69) is 9.36 Å². The molecule has 0 bridgehead atoms. The quantitative estimate of drug-likeness (QED) is 0.777. The minimum atomic E-state index is 0.451. The molecular weight excluding hydrogens is 194 g/mol. The molecule has 1 aromatic heterocycles. The number of nitrogens with zero attached hydrogens (tertiary/aromatic N) is 2. The molecule has 3 nitrogen and oxygen atoms in total. The summed E-state index contributed by atoms with van der Waals surface area (Å²) in [7, 11) is 0. The molecule has 2 N–H and O–H groups in total. The molecule has 1 fully saturated rings. The van der Waals surface area contributed by atoms with Crippen molar-refractivity contribution in [3.63, 3.8) is 0 Å². The molecule has 1 aliphatic rings. The van der Waals surface area contributed by atoms with Crippen LogP contribution in [0.15, 0.2) is 0 Å². The maximum atomic E-state index is 5.54. The van der Waals surface area contributed by atoms with Crippen molar-refractivity contribution in [2.75, 3.05) is 5.73 Å². The maximum absolute atomic E-state index is 5.54. The van der Waals surface area contributed by atoms with E-state index in [4.69, 9.17) is 5.73 Å². The fourth-order valence-corrected chi connectivity index (χ4v) is 2.86. The third-order valence-corrected chi connectivity index (χ3v) is 3.80. The average molecular weight is 211 g/mol. The summed E-state index contributed by atoms with van der Waals surface area (Å²) in [6.07, 6.45) is 9.39. The van der Waals surface area contributed by atoms with Crippen molar-refractivity contribution >= 4 is 17.5 Å². The molecule has 1 aromatic rings. The van der Waals surface area contributed by atoms with Gasteiger partial charge in [-0.05, 0) is 24.4 Å². The highest BCUT2D eigenvalue weighted by Gasteiger charge is 2.17. The summed E-state index contributed by atoms with van der Waals surface area (Å²) < 4.78 is 4.05. The Morgan fingerprint density at radius 1 is 1.07 bits per heavy atom. The fraction of sp³-hybridized carbons (Fsp3) is 0.800. The molecular formula is C10H17N3S. The lowest BCUT2D eigenvalue weighted by atomic mass is 9.92. The highest BCUT2D eigenvalue weighted by atomic mass is 32.1. The molecule has 0 atom stereocenters. The van der Waals surface area contributed by atoms with E-state index >= 15 is 0 Å². The summed E-state index contributed by atoms with van der Waals surface area (Å²) in [5.74, 6) is 1.08. The highest BCUT2D eigenvalue weighted by Crippen LogP contribution is 2.31. The molecule has 0 aromatic carbocycles. The average Bonchev–Trinajstić information content (AvgIpc) is 2.51. The Kier molecular flexibility index (Phi) is 3.35.